The van der Waals surface area contributed by atoms with Crippen LogP contribution in [0.1, 0.15) is 23.2 Å². The van der Waals surface area contributed by atoms with E-state index in [1.54, 1.807) is 0 Å². The summed E-state index contributed by atoms with van der Waals surface area (Å²) in [5.41, 5.74) is 0.804. The normalized spacial score (nSPS) is 20.1. The highest BCUT2D eigenvalue weighted by atomic mass is 79.9. The van der Waals surface area contributed by atoms with Gasteiger partial charge in [-0.1, -0.05) is 28.1 Å². The number of ketones is 1. The van der Waals surface area contributed by atoms with Crippen LogP contribution in [0.25, 0.3) is 0 Å². The molecule has 0 bridgehead atoms. The number of halogens is 1. The van der Waals surface area contributed by atoms with Crippen molar-refractivity contribution >= 4 is 21.7 Å². The smallest absolute Gasteiger partial charge is 0.176 e. The molecule has 0 amide bonds. The van der Waals surface area contributed by atoms with Crippen molar-refractivity contribution in [3.05, 3.63) is 34.3 Å². The maximum absolute atomic E-state index is 12.3. The Balaban J connectivity index is 1.96. The van der Waals surface area contributed by atoms with Gasteiger partial charge in [0.05, 0.1) is 6.54 Å². The third kappa shape index (κ3) is 4.13. The van der Waals surface area contributed by atoms with E-state index in [9.17, 15) is 4.79 Å². The Morgan fingerprint density at radius 3 is 2.68 bits per heavy atom. The summed E-state index contributed by atoms with van der Waals surface area (Å²) in [5, 5.41) is 0. The van der Waals surface area contributed by atoms with E-state index in [4.69, 9.17) is 0 Å². The molecule has 1 unspecified atom stereocenters. The van der Waals surface area contributed by atoms with E-state index in [-0.39, 0.29) is 5.78 Å². The van der Waals surface area contributed by atoms with Crippen LogP contribution < -0.4 is 0 Å². The first-order chi connectivity index (χ1) is 9.06. The molecule has 19 heavy (non-hydrogen) atoms. The monoisotopic (exact) mass is 324 g/mol. The first kappa shape index (κ1) is 14.7. The van der Waals surface area contributed by atoms with Gasteiger partial charge >= 0.3 is 0 Å². The van der Waals surface area contributed by atoms with Gasteiger partial charge in [0.25, 0.3) is 0 Å². The average Bonchev–Trinajstić information content (AvgIpc) is 2.76. The minimum absolute atomic E-state index is 0.221. The van der Waals surface area contributed by atoms with Gasteiger partial charge in [0.2, 0.25) is 0 Å². The molecule has 1 aliphatic heterocycles. The number of likely N-dealkylation sites (tertiary alicyclic amines) is 1. The van der Waals surface area contributed by atoms with Gasteiger partial charge in [-0.05, 0) is 45.6 Å². The topological polar surface area (TPSA) is 23.6 Å². The van der Waals surface area contributed by atoms with Crippen LogP contribution in [0.15, 0.2) is 28.7 Å². The molecule has 1 heterocycles. The Morgan fingerprint density at radius 1 is 1.37 bits per heavy atom. The summed E-state index contributed by atoms with van der Waals surface area (Å²) in [4.78, 5) is 16.8. The minimum atomic E-state index is 0.221. The van der Waals surface area contributed by atoms with Gasteiger partial charge in [-0.3, -0.25) is 9.69 Å². The second-order valence-electron chi connectivity index (χ2n) is 5.46. The number of carbonyl (C=O) groups is 1. The van der Waals surface area contributed by atoms with Crippen LogP contribution in [0.4, 0.5) is 0 Å². The summed E-state index contributed by atoms with van der Waals surface area (Å²) in [5.74, 6) is 0.221. The van der Waals surface area contributed by atoms with E-state index in [0.717, 1.165) is 23.1 Å². The van der Waals surface area contributed by atoms with Gasteiger partial charge in [-0.2, -0.15) is 0 Å². The number of carbonyl (C=O) groups excluding carboxylic acids is 1. The number of rotatable bonds is 5. The van der Waals surface area contributed by atoms with Gasteiger partial charge in [0.1, 0.15) is 0 Å². The molecule has 1 atom stereocenters. The number of hydrogen-bond acceptors (Lipinski definition) is 3. The Labute approximate surface area is 123 Å². The number of benzene rings is 1. The second kappa shape index (κ2) is 6.64. The zero-order valence-electron chi connectivity index (χ0n) is 11.6. The van der Waals surface area contributed by atoms with Crippen molar-refractivity contribution in [3.63, 3.8) is 0 Å². The second-order valence-corrected chi connectivity index (χ2v) is 6.37. The first-order valence-electron chi connectivity index (χ1n) is 6.74. The number of nitrogens with zero attached hydrogens (tertiary/aromatic N) is 2. The van der Waals surface area contributed by atoms with Crippen molar-refractivity contribution in [2.75, 3.05) is 33.7 Å². The van der Waals surface area contributed by atoms with E-state index in [1.165, 1.54) is 12.8 Å². The molecule has 0 N–H and O–H groups in total. The fourth-order valence-electron chi connectivity index (χ4n) is 2.64. The van der Waals surface area contributed by atoms with Crippen LogP contribution in [0.5, 0.6) is 0 Å². The summed E-state index contributed by atoms with van der Waals surface area (Å²) in [6.07, 6.45) is 2.40. The zero-order valence-corrected chi connectivity index (χ0v) is 13.2. The molecule has 1 aromatic rings. The highest BCUT2D eigenvalue weighted by Gasteiger charge is 2.26. The third-order valence-electron chi connectivity index (χ3n) is 3.59. The zero-order chi connectivity index (χ0) is 13.8. The molecule has 0 aromatic heterocycles. The van der Waals surface area contributed by atoms with Crippen molar-refractivity contribution in [3.8, 4) is 0 Å². The predicted molar refractivity (Wildman–Crippen MR) is 81.6 cm³/mol. The first-order valence-corrected chi connectivity index (χ1v) is 7.53. The molecular formula is C15H21BrN2O. The van der Waals surface area contributed by atoms with Crippen LogP contribution in [-0.2, 0) is 0 Å². The van der Waals surface area contributed by atoms with Crippen molar-refractivity contribution < 1.29 is 4.79 Å². The van der Waals surface area contributed by atoms with Crippen LogP contribution in [0, 0.1) is 0 Å². The largest absolute Gasteiger partial charge is 0.308 e. The molecule has 0 aliphatic carbocycles. The SMILES string of the molecule is CN(C)CC1CCCN1CC(=O)c1ccc(Br)cc1. The molecule has 1 aliphatic rings. The molecule has 2 rings (SSSR count). The van der Waals surface area contributed by atoms with Crippen molar-refractivity contribution in [1.29, 1.82) is 0 Å². The Bertz CT molecular complexity index is 430. The standard InChI is InChI=1S/C15H21BrN2O/c1-17(2)10-14-4-3-9-18(14)11-15(19)12-5-7-13(16)8-6-12/h5-8,14H,3-4,9-11H2,1-2H3. The number of hydrogen-bond donors (Lipinski definition) is 0. The predicted octanol–water partition coefficient (Wildman–Crippen LogP) is 2.66. The van der Waals surface area contributed by atoms with Crippen LogP contribution in [0.3, 0.4) is 0 Å². The molecule has 0 saturated carbocycles. The van der Waals surface area contributed by atoms with Gasteiger partial charge in [0, 0.05) is 22.6 Å². The van der Waals surface area contributed by atoms with Crippen molar-refractivity contribution in [1.82, 2.24) is 9.80 Å². The minimum Gasteiger partial charge on any atom is -0.308 e. The molecule has 1 saturated heterocycles. The maximum atomic E-state index is 12.3. The number of Topliss-reactive ketones (excluding diaryl/α,β-unsaturated/α-hetero) is 1. The lowest BCUT2D eigenvalue weighted by Gasteiger charge is -2.26. The maximum Gasteiger partial charge on any atom is 0.176 e. The van der Waals surface area contributed by atoms with E-state index < -0.39 is 0 Å². The molecule has 104 valence electrons. The summed E-state index contributed by atoms with van der Waals surface area (Å²) in [6.45, 7) is 2.62. The summed E-state index contributed by atoms with van der Waals surface area (Å²) >= 11 is 3.39. The summed E-state index contributed by atoms with van der Waals surface area (Å²) in [6, 6.07) is 8.16. The lowest BCUT2D eigenvalue weighted by Crippen LogP contribution is -2.40. The molecule has 3 nitrogen and oxygen atoms in total. The van der Waals surface area contributed by atoms with Crippen LogP contribution >= 0.6 is 15.9 Å². The molecular weight excluding hydrogens is 304 g/mol. The summed E-state index contributed by atoms with van der Waals surface area (Å²) in [7, 11) is 4.18. The molecule has 0 radical (unpaired) electrons. The lowest BCUT2D eigenvalue weighted by molar-refractivity contribution is 0.0910. The van der Waals surface area contributed by atoms with E-state index >= 15 is 0 Å². The Hall–Kier alpha value is -0.710. The van der Waals surface area contributed by atoms with Gasteiger partial charge in [0.15, 0.2) is 5.78 Å². The highest BCUT2D eigenvalue weighted by molar-refractivity contribution is 9.10. The van der Waals surface area contributed by atoms with E-state index in [0.29, 0.717) is 12.6 Å². The van der Waals surface area contributed by atoms with Gasteiger partial charge in [-0.25, -0.2) is 0 Å². The third-order valence-corrected chi connectivity index (χ3v) is 4.12. The van der Waals surface area contributed by atoms with E-state index in [2.05, 4.69) is 39.8 Å². The van der Waals surface area contributed by atoms with Crippen LogP contribution in [-0.4, -0.2) is 55.4 Å². The van der Waals surface area contributed by atoms with Gasteiger partial charge < -0.3 is 4.90 Å². The molecule has 0 spiro atoms. The summed E-state index contributed by atoms with van der Waals surface area (Å²) < 4.78 is 1.01. The van der Waals surface area contributed by atoms with Crippen LogP contribution in [0.2, 0.25) is 0 Å². The Morgan fingerprint density at radius 2 is 2.05 bits per heavy atom. The van der Waals surface area contributed by atoms with Crippen molar-refractivity contribution in [2.24, 2.45) is 0 Å². The van der Waals surface area contributed by atoms with Crippen molar-refractivity contribution in [2.45, 2.75) is 18.9 Å². The highest BCUT2D eigenvalue weighted by Crippen LogP contribution is 2.19. The molecule has 4 heteroatoms. The average molecular weight is 325 g/mol. The fraction of sp³-hybridized carbons (Fsp3) is 0.533. The Kier molecular flexibility index (Phi) is 5.13. The molecule has 1 fully saturated rings. The fourth-order valence-corrected chi connectivity index (χ4v) is 2.91. The van der Waals surface area contributed by atoms with E-state index in [1.807, 2.05) is 24.3 Å². The quantitative estimate of drug-likeness (QED) is 0.778. The lowest BCUT2D eigenvalue weighted by atomic mass is 10.1. The molecule has 1 aromatic carbocycles. The van der Waals surface area contributed by atoms with Gasteiger partial charge in [-0.15, -0.1) is 0 Å². The number of likely N-dealkylation sites (N-methyl/N-ethyl adjacent to an activating group) is 1.